The molecule has 2 saturated heterocycles. The van der Waals surface area contributed by atoms with Crippen LogP contribution < -0.4 is 9.80 Å². The van der Waals surface area contributed by atoms with Gasteiger partial charge in [-0.1, -0.05) is 95.5 Å². The number of benzene rings is 6. The molecule has 0 aliphatic carbocycles. The largest absolute Gasteiger partial charge is 0.356 e. The van der Waals surface area contributed by atoms with Crippen molar-refractivity contribution in [2.24, 2.45) is 0 Å². The van der Waals surface area contributed by atoms with Crippen molar-refractivity contribution in [2.45, 2.75) is 50.9 Å². The van der Waals surface area contributed by atoms with Gasteiger partial charge in [-0.15, -0.1) is 0 Å². The minimum Gasteiger partial charge on any atom is -0.356 e. The summed E-state index contributed by atoms with van der Waals surface area (Å²) in [6.07, 6.45) is 1.01. The van der Waals surface area contributed by atoms with Crippen molar-refractivity contribution in [1.82, 2.24) is 19.8 Å². The van der Waals surface area contributed by atoms with E-state index in [2.05, 4.69) is 75.2 Å². The van der Waals surface area contributed by atoms with E-state index >= 15 is 0 Å². The fraction of sp³-hybridized carbons (Fsp3) is 0.154. The molecule has 0 radical (unpaired) electrons. The van der Waals surface area contributed by atoms with Crippen LogP contribution in [0.5, 0.6) is 0 Å². The lowest BCUT2D eigenvalue weighted by Gasteiger charge is -2.37. The lowest BCUT2D eigenvalue weighted by atomic mass is 9.88. The summed E-state index contributed by atoms with van der Waals surface area (Å²) in [7, 11) is 0. The van der Waals surface area contributed by atoms with Gasteiger partial charge in [0.15, 0.2) is 10.2 Å². The van der Waals surface area contributed by atoms with Crippen molar-refractivity contribution in [1.29, 1.82) is 0 Å². The second-order valence-electron chi connectivity index (χ2n) is 17.3. The molecule has 6 aromatic carbocycles. The van der Waals surface area contributed by atoms with Crippen LogP contribution in [-0.4, -0.2) is 53.9 Å². The summed E-state index contributed by atoms with van der Waals surface area (Å²) in [6.45, 7) is 4.10. The standard InChI is InChI=1S/C52H38Cl2N6O2S2/c1-27-13-16-34(17-14-27)57-49(61)44-26-40-38-24-29(15-20-42(38)56-46(40)48(59(44)51(57)63)31-8-6-10-33(54)23-31)36-19-18-35(21-28(36)2)58-50(62)43-25-39-37-11-3-4-12-41(37)55-45(39)47(60(43)52(58)64)30-7-5-9-32(53)22-30/h3-24,43-44,47-48,55-56H,25-26H2,1-2H3. The SMILES string of the molecule is Cc1ccc(N2C(=O)C3Cc4c([nH]c5ccc(-c6ccc(N7C(=O)C8Cc9c([nH]c%10ccccc9%10)C(c9cccc(Cl)c9)N8C7=S)cc6C)cc45)C(c4cccc(Cl)c4)N3C2=S)cc1. The lowest BCUT2D eigenvalue weighted by Crippen LogP contribution is -2.44. The van der Waals surface area contributed by atoms with E-state index in [9.17, 15) is 9.59 Å². The van der Waals surface area contributed by atoms with Gasteiger partial charge >= 0.3 is 0 Å². The highest BCUT2D eigenvalue weighted by molar-refractivity contribution is 7.80. The first kappa shape index (κ1) is 39.3. The molecule has 4 aliphatic heterocycles. The third-order valence-corrected chi connectivity index (χ3v) is 14.8. The van der Waals surface area contributed by atoms with Crippen LogP contribution in [0.4, 0.5) is 11.4 Å². The van der Waals surface area contributed by atoms with Crippen LogP contribution in [0.3, 0.4) is 0 Å². The highest BCUT2D eigenvalue weighted by Crippen LogP contribution is 2.48. The molecule has 12 rings (SSSR count). The molecule has 2 fully saturated rings. The number of carbonyl (C=O) groups excluding carboxylic acids is 2. The summed E-state index contributed by atoms with van der Waals surface area (Å²) >= 11 is 25.6. The van der Waals surface area contributed by atoms with Gasteiger partial charge in [-0.25, -0.2) is 0 Å². The first-order chi connectivity index (χ1) is 31.0. The Bertz CT molecular complexity index is 3340. The number of para-hydroxylation sites is 1. The van der Waals surface area contributed by atoms with Gasteiger partial charge in [0.05, 0.1) is 23.5 Å². The Morgan fingerprint density at radius 1 is 0.562 bits per heavy atom. The van der Waals surface area contributed by atoms with Crippen molar-refractivity contribution >= 4 is 103 Å². The fourth-order valence-corrected chi connectivity index (χ4v) is 11.9. The number of rotatable bonds is 5. The maximum atomic E-state index is 14.7. The molecule has 0 spiro atoms. The predicted octanol–water partition coefficient (Wildman–Crippen LogP) is 11.5. The van der Waals surface area contributed by atoms with Crippen LogP contribution in [0.2, 0.25) is 10.0 Å². The average molecular weight is 914 g/mol. The number of thiocarbonyl (C=S) groups is 2. The number of amides is 2. The van der Waals surface area contributed by atoms with E-state index in [-0.39, 0.29) is 23.9 Å². The quantitative estimate of drug-likeness (QED) is 0.168. The maximum Gasteiger partial charge on any atom is 0.256 e. The van der Waals surface area contributed by atoms with Crippen molar-refractivity contribution in [3.05, 3.63) is 188 Å². The number of aryl methyl sites for hydroxylation is 2. The molecule has 0 saturated carbocycles. The molecule has 2 amide bonds. The molecule has 64 heavy (non-hydrogen) atoms. The Kier molecular flexibility index (Phi) is 8.98. The smallest absolute Gasteiger partial charge is 0.256 e. The normalized spacial score (nSPS) is 20.4. The van der Waals surface area contributed by atoms with Crippen LogP contribution >= 0.6 is 47.6 Å². The number of carbonyl (C=O) groups is 2. The Labute approximate surface area is 390 Å². The van der Waals surface area contributed by atoms with Crippen molar-refractivity contribution < 1.29 is 9.59 Å². The Morgan fingerprint density at radius 3 is 1.70 bits per heavy atom. The summed E-state index contributed by atoms with van der Waals surface area (Å²) in [5, 5.41) is 4.33. The summed E-state index contributed by atoms with van der Waals surface area (Å²) in [6, 6.07) is 42.7. The fourth-order valence-electron chi connectivity index (χ4n) is 10.7. The minimum atomic E-state index is -0.504. The van der Waals surface area contributed by atoms with Crippen molar-refractivity contribution in [3.8, 4) is 11.1 Å². The number of nitrogens with one attached hydrogen (secondary N) is 2. The van der Waals surface area contributed by atoms with E-state index < -0.39 is 12.1 Å². The molecule has 4 atom stereocenters. The number of aromatic amines is 2. The molecule has 314 valence electrons. The monoisotopic (exact) mass is 912 g/mol. The highest BCUT2D eigenvalue weighted by Gasteiger charge is 2.52. The lowest BCUT2D eigenvalue weighted by molar-refractivity contribution is -0.120. The first-order valence-electron chi connectivity index (χ1n) is 21.3. The van der Waals surface area contributed by atoms with Gasteiger partial charge in [-0.2, -0.15) is 0 Å². The van der Waals surface area contributed by atoms with E-state index in [1.54, 1.807) is 9.80 Å². The van der Waals surface area contributed by atoms with Gasteiger partial charge in [0.2, 0.25) is 0 Å². The van der Waals surface area contributed by atoms with Gasteiger partial charge in [0, 0.05) is 56.1 Å². The van der Waals surface area contributed by atoms with Crippen LogP contribution in [0, 0.1) is 13.8 Å². The Hall–Kier alpha value is -6.30. The number of halogens is 2. The molecule has 2 N–H and O–H groups in total. The minimum absolute atomic E-state index is 0.0469. The number of anilines is 2. The van der Waals surface area contributed by atoms with Gasteiger partial charge < -0.3 is 19.8 Å². The number of hydrogen-bond donors (Lipinski definition) is 2. The van der Waals surface area contributed by atoms with Gasteiger partial charge in [0.1, 0.15) is 12.1 Å². The third kappa shape index (κ3) is 5.86. The Balaban J connectivity index is 0.907. The molecule has 0 bridgehead atoms. The van der Waals surface area contributed by atoms with Crippen LogP contribution in [0.25, 0.3) is 32.9 Å². The van der Waals surface area contributed by atoms with Gasteiger partial charge in [-0.05, 0) is 144 Å². The van der Waals surface area contributed by atoms with E-state index in [1.165, 1.54) is 0 Å². The number of aromatic nitrogens is 2. The van der Waals surface area contributed by atoms with Crippen LogP contribution in [0.15, 0.2) is 133 Å². The summed E-state index contributed by atoms with van der Waals surface area (Å²) in [4.78, 5) is 44.1. The van der Waals surface area contributed by atoms with E-state index in [4.69, 9.17) is 47.6 Å². The summed E-state index contributed by atoms with van der Waals surface area (Å²) in [5.41, 5.74) is 13.8. The average Bonchev–Trinajstić information content (AvgIpc) is 3.99. The topological polar surface area (TPSA) is 78.7 Å². The third-order valence-electron chi connectivity index (χ3n) is 13.6. The van der Waals surface area contributed by atoms with Gasteiger partial charge in [0.25, 0.3) is 11.8 Å². The number of H-pyrrole nitrogens is 2. The molecular formula is C52H38Cl2N6O2S2. The number of nitrogens with zero attached hydrogens (tertiary/aromatic N) is 4. The van der Waals surface area contributed by atoms with Gasteiger partial charge in [-0.3, -0.25) is 19.4 Å². The zero-order chi connectivity index (χ0) is 43.7. The van der Waals surface area contributed by atoms with Crippen LogP contribution in [-0.2, 0) is 22.4 Å². The summed E-state index contributed by atoms with van der Waals surface area (Å²) < 4.78 is 0. The molecule has 8 nitrogen and oxygen atoms in total. The Morgan fingerprint density at radius 2 is 1.11 bits per heavy atom. The number of fused-ring (bicyclic) bond motifs is 8. The molecule has 12 heteroatoms. The van der Waals surface area contributed by atoms with E-state index in [0.717, 1.165) is 89.1 Å². The predicted molar refractivity (Wildman–Crippen MR) is 263 cm³/mol. The molecule has 6 heterocycles. The molecule has 2 aromatic heterocycles. The maximum absolute atomic E-state index is 14.7. The second-order valence-corrected chi connectivity index (χ2v) is 18.9. The highest BCUT2D eigenvalue weighted by atomic mass is 35.5. The molecule has 4 unspecified atom stereocenters. The molecule has 8 aromatic rings. The van der Waals surface area contributed by atoms with Crippen molar-refractivity contribution in [2.75, 3.05) is 9.80 Å². The zero-order valence-electron chi connectivity index (χ0n) is 34.6. The van der Waals surface area contributed by atoms with Crippen molar-refractivity contribution in [3.63, 3.8) is 0 Å². The molecule has 4 aliphatic rings. The first-order valence-corrected chi connectivity index (χ1v) is 22.9. The van der Waals surface area contributed by atoms with E-state index in [0.29, 0.717) is 33.1 Å². The number of hydrogen-bond acceptors (Lipinski definition) is 4. The van der Waals surface area contributed by atoms with Crippen LogP contribution in [0.1, 0.15) is 56.9 Å². The summed E-state index contributed by atoms with van der Waals surface area (Å²) in [5.74, 6) is -0.0972. The molecular weight excluding hydrogens is 876 g/mol. The zero-order valence-corrected chi connectivity index (χ0v) is 37.7. The van der Waals surface area contributed by atoms with E-state index in [1.807, 2.05) is 91.9 Å². The second kappa shape index (κ2) is 14.6.